The first kappa shape index (κ1) is 16.0. The number of nitrogens with one attached hydrogen (secondary N) is 2. The van der Waals surface area contributed by atoms with Crippen molar-refractivity contribution in [1.29, 1.82) is 0 Å². The van der Waals surface area contributed by atoms with Crippen molar-refractivity contribution < 1.29 is 23.3 Å². The third-order valence-corrected chi connectivity index (χ3v) is 2.73. The molecule has 0 saturated carbocycles. The Morgan fingerprint density at radius 2 is 1.57 bits per heavy atom. The van der Waals surface area contributed by atoms with E-state index in [1.807, 2.05) is 10.6 Å². The minimum absolute atomic E-state index is 0.197. The van der Waals surface area contributed by atoms with E-state index in [1.165, 1.54) is 18.2 Å². The topological polar surface area (TPSA) is 101 Å². The molecule has 0 aliphatic heterocycles. The first-order chi connectivity index (χ1) is 10.9. The van der Waals surface area contributed by atoms with Crippen LogP contribution in [0.15, 0.2) is 42.5 Å². The van der Waals surface area contributed by atoms with Crippen LogP contribution in [0.3, 0.4) is 0 Å². The number of nitrogens with zero attached hydrogens (tertiary/aromatic N) is 1. The van der Waals surface area contributed by atoms with Gasteiger partial charge in [-0.25, -0.2) is 8.78 Å². The Morgan fingerprint density at radius 1 is 0.957 bits per heavy atom. The van der Waals surface area contributed by atoms with Crippen LogP contribution in [-0.4, -0.2) is 16.7 Å². The molecule has 0 aliphatic carbocycles. The van der Waals surface area contributed by atoms with Gasteiger partial charge in [0.15, 0.2) is 0 Å². The molecule has 118 valence electrons. The summed E-state index contributed by atoms with van der Waals surface area (Å²) in [4.78, 5) is 33.5. The molecule has 0 aliphatic rings. The molecule has 2 aromatic rings. The van der Waals surface area contributed by atoms with E-state index >= 15 is 0 Å². The van der Waals surface area contributed by atoms with Gasteiger partial charge in [0.1, 0.15) is 17.3 Å². The van der Waals surface area contributed by atoms with E-state index in [0.29, 0.717) is 6.07 Å². The van der Waals surface area contributed by atoms with E-state index in [4.69, 9.17) is 0 Å². The molecule has 0 bridgehead atoms. The Hall–Kier alpha value is -3.36. The van der Waals surface area contributed by atoms with E-state index in [9.17, 15) is 28.5 Å². The first-order valence-electron chi connectivity index (χ1n) is 6.19. The highest BCUT2D eigenvalue weighted by Gasteiger charge is 2.20. The van der Waals surface area contributed by atoms with Crippen molar-refractivity contribution in [2.24, 2.45) is 0 Å². The molecule has 0 aromatic heterocycles. The predicted octanol–water partition coefficient (Wildman–Crippen LogP) is 2.45. The van der Waals surface area contributed by atoms with Crippen molar-refractivity contribution in [2.75, 3.05) is 10.6 Å². The number of nitro groups is 1. The minimum Gasteiger partial charge on any atom is -0.315 e. The number of benzene rings is 2. The third-order valence-electron chi connectivity index (χ3n) is 2.73. The van der Waals surface area contributed by atoms with Gasteiger partial charge in [0.2, 0.25) is 0 Å². The van der Waals surface area contributed by atoms with E-state index < -0.39 is 39.7 Å². The molecule has 0 fully saturated rings. The Morgan fingerprint density at radius 3 is 2.22 bits per heavy atom. The summed E-state index contributed by atoms with van der Waals surface area (Å²) in [5.74, 6) is -4.30. The number of para-hydroxylation sites is 2. The van der Waals surface area contributed by atoms with Gasteiger partial charge >= 0.3 is 11.8 Å². The number of anilines is 2. The van der Waals surface area contributed by atoms with Gasteiger partial charge < -0.3 is 10.6 Å². The van der Waals surface area contributed by atoms with Crippen LogP contribution in [0.25, 0.3) is 0 Å². The fourth-order valence-electron chi connectivity index (χ4n) is 1.69. The minimum atomic E-state index is -1.30. The maximum Gasteiger partial charge on any atom is 0.314 e. The molecule has 0 radical (unpaired) electrons. The summed E-state index contributed by atoms with van der Waals surface area (Å²) in [6, 6.07) is 7.50. The van der Waals surface area contributed by atoms with Crippen molar-refractivity contribution in [3.05, 3.63) is 64.2 Å². The Kier molecular flexibility index (Phi) is 4.60. The maximum atomic E-state index is 13.4. The Bertz CT molecular complexity index is 795. The van der Waals surface area contributed by atoms with E-state index in [2.05, 4.69) is 0 Å². The largest absolute Gasteiger partial charge is 0.315 e. The Balaban J connectivity index is 2.14. The van der Waals surface area contributed by atoms with Gasteiger partial charge in [-0.05, 0) is 18.2 Å². The van der Waals surface area contributed by atoms with Gasteiger partial charge in [0, 0.05) is 12.1 Å². The van der Waals surface area contributed by atoms with Gasteiger partial charge in [-0.1, -0.05) is 12.1 Å². The summed E-state index contributed by atoms with van der Waals surface area (Å²) in [6.07, 6.45) is 0. The highest BCUT2D eigenvalue weighted by molar-refractivity contribution is 6.43. The second-order valence-corrected chi connectivity index (χ2v) is 4.31. The molecule has 0 saturated heterocycles. The van der Waals surface area contributed by atoms with Crippen molar-refractivity contribution in [1.82, 2.24) is 0 Å². The molecular weight excluding hydrogens is 312 g/mol. The standard InChI is InChI=1S/C14H9F2N3O4/c15-8-5-6-9(16)11(7-8)18-14(21)13(20)17-10-3-1-2-4-12(10)19(22)23/h1-7H,(H,17,20)(H,18,21). The molecule has 0 spiro atoms. The molecule has 0 atom stereocenters. The average Bonchev–Trinajstić information content (AvgIpc) is 2.51. The van der Waals surface area contributed by atoms with E-state index in [-0.39, 0.29) is 5.69 Å². The highest BCUT2D eigenvalue weighted by atomic mass is 19.1. The molecule has 23 heavy (non-hydrogen) atoms. The lowest BCUT2D eigenvalue weighted by Crippen LogP contribution is -2.29. The van der Waals surface area contributed by atoms with E-state index in [1.54, 1.807) is 0 Å². The predicted molar refractivity (Wildman–Crippen MR) is 76.7 cm³/mol. The van der Waals surface area contributed by atoms with Crippen LogP contribution < -0.4 is 10.6 Å². The zero-order chi connectivity index (χ0) is 17.0. The number of nitro benzene ring substituents is 1. The van der Waals surface area contributed by atoms with Crippen molar-refractivity contribution in [3.8, 4) is 0 Å². The van der Waals surface area contributed by atoms with Crippen molar-refractivity contribution in [2.45, 2.75) is 0 Å². The fraction of sp³-hybridized carbons (Fsp3) is 0. The van der Waals surface area contributed by atoms with Crippen molar-refractivity contribution >= 4 is 28.9 Å². The molecule has 2 amide bonds. The summed E-state index contributed by atoms with van der Waals surface area (Å²) in [7, 11) is 0. The SMILES string of the molecule is O=C(Nc1cc(F)ccc1F)C(=O)Nc1ccccc1[N+](=O)[O-]. The van der Waals surface area contributed by atoms with Crippen LogP contribution in [0.1, 0.15) is 0 Å². The number of carbonyl (C=O) groups excluding carboxylic acids is 2. The highest BCUT2D eigenvalue weighted by Crippen LogP contribution is 2.23. The monoisotopic (exact) mass is 321 g/mol. The molecular formula is C14H9F2N3O4. The molecule has 2 aromatic carbocycles. The van der Waals surface area contributed by atoms with Crippen LogP contribution in [-0.2, 0) is 9.59 Å². The molecule has 0 unspecified atom stereocenters. The van der Waals surface area contributed by atoms with Gasteiger partial charge in [-0.15, -0.1) is 0 Å². The number of carbonyl (C=O) groups is 2. The zero-order valence-electron chi connectivity index (χ0n) is 11.4. The second-order valence-electron chi connectivity index (χ2n) is 4.31. The smallest absolute Gasteiger partial charge is 0.314 e. The van der Waals surface area contributed by atoms with Gasteiger partial charge in [0.25, 0.3) is 5.69 Å². The molecule has 2 rings (SSSR count). The first-order valence-corrected chi connectivity index (χ1v) is 6.19. The van der Waals surface area contributed by atoms with Gasteiger partial charge in [-0.3, -0.25) is 19.7 Å². The number of amides is 2. The van der Waals surface area contributed by atoms with Crippen LogP contribution >= 0.6 is 0 Å². The number of hydrogen-bond acceptors (Lipinski definition) is 4. The summed E-state index contributed by atoms with van der Waals surface area (Å²) in [6.45, 7) is 0. The van der Waals surface area contributed by atoms with Crippen LogP contribution in [0.2, 0.25) is 0 Å². The van der Waals surface area contributed by atoms with Crippen LogP contribution in [0.5, 0.6) is 0 Å². The quantitative estimate of drug-likeness (QED) is 0.515. The normalized spacial score (nSPS) is 10.0. The zero-order valence-corrected chi connectivity index (χ0v) is 11.4. The van der Waals surface area contributed by atoms with Crippen LogP contribution in [0, 0.1) is 21.7 Å². The van der Waals surface area contributed by atoms with Gasteiger partial charge in [0.05, 0.1) is 10.6 Å². The number of rotatable bonds is 3. The summed E-state index contributed by atoms with van der Waals surface area (Å²) in [5.41, 5.74) is -1.13. The second kappa shape index (κ2) is 6.60. The number of halogens is 2. The molecule has 7 nitrogen and oxygen atoms in total. The lowest BCUT2D eigenvalue weighted by molar-refractivity contribution is -0.383. The summed E-state index contributed by atoms with van der Waals surface area (Å²) < 4.78 is 26.4. The summed E-state index contributed by atoms with van der Waals surface area (Å²) >= 11 is 0. The Labute approximate surface area is 128 Å². The maximum absolute atomic E-state index is 13.4. The molecule has 9 heteroatoms. The molecule has 2 N–H and O–H groups in total. The lowest BCUT2D eigenvalue weighted by atomic mass is 10.2. The summed E-state index contributed by atoms with van der Waals surface area (Å²) in [5, 5.41) is 14.7. The molecule has 0 heterocycles. The average molecular weight is 321 g/mol. The fourth-order valence-corrected chi connectivity index (χ4v) is 1.69. The van der Waals surface area contributed by atoms with Crippen molar-refractivity contribution in [3.63, 3.8) is 0 Å². The van der Waals surface area contributed by atoms with Gasteiger partial charge in [-0.2, -0.15) is 0 Å². The lowest BCUT2D eigenvalue weighted by Gasteiger charge is -2.07. The van der Waals surface area contributed by atoms with Crippen LogP contribution in [0.4, 0.5) is 25.8 Å². The van der Waals surface area contributed by atoms with E-state index in [0.717, 1.165) is 18.2 Å². The number of hydrogen-bond donors (Lipinski definition) is 2. The third kappa shape index (κ3) is 3.84.